The molecule has 0 saturated carbocycles. The molecule has 0 bridgehead atoms. The molecule has 0 aliphatic rings. The molecule has 0 spiro atoms. The Labute approximate surface area is 176 Å². The number of nitrogens with two attached hydrogens (primary N) is 1. The first-order valence-corrected chi connectivity index (χ1v) is 9.36. The highest BCUT2D eigenvalue weighted by Crippen LogP contribution is 2.26. The minimum atomic E-state index is -0.533. The van der Waals surface area contributed by atoms with Crippen LogP contribution in [0.5, 0.6) is 6.01 Å². The molecule has 0 aliphatic heterocycles. The van der Waals surface area contributed by atoms with Crippen molar-refractivity contribution in [2.45, 2.75) is 13.0 Å². The number of primary amides is 1. The molecule has 0 aliphatic carbocycles. The Hall–Kier alpha value is -3.72. The molecule has 2 heterocycles. The quantitative estimate of drug-likeness (QED) is 0.503. The van der Waals surface area contributed by atoms with Crippen molar-refractivity contribution < 1.29 is 14.1 Å². The number of benzene rings is 2. The van der Waals surface area contributed by atoms with Gasteiger partial charge in [-0.15, -0.1) is 5.10 Å². The second-order valence-electron chi connectivity index (χ2n) is 6.53. The van der Waals surface area contributed by atoms with Crippen molar-refractivity contribution in [3.63, 3.8) is 0 Å². The Kier molecular flexibility index (Phi) is 5.20. The van der Waals surface area contributed by atoms with Crippen molar-refractivity contribution in [1.29, 1.82) is 0 Å². The van der Waals surface area contributed by atoms with E-state index in [-0.39, 0.29) is 6.01 Å². The molecular formula is C20H17ClN6O3. The minimum Gasteiger partial charge on any atom is -0.452 e. The SMILES string of the molecule is C[C@@H](Oc1nnc(-c2ccc(C(N)=O)cc2)n1C)c1noc(-c2cccc(Cl)c2)n1. The van der Waals surface area contributed by atoms with Gasteiger partial charge in [0.05, 0.1) is 0 Å². The van der Waals surface area contributed by atoms with E-state index in [1.54, 1.807) is 61.0 Å². The lowest BCUT2D eigenvalue weighted by Gasteiger charge is -2.10. The van der Waals surface area contributed by atoms with Gasteiger partial charge in [0.2, 0.25) is 11.7 Å². The van der Waals surface area contributed by atoms with Crippen molar-refractivity contribution in [3.8, 4) is 28.9 Å². The number of carbonyl (C=O) groups is 1. The Morgan fingerprint density at radius 2 is 1.93 bits per heavy atom. The molecule has 152 valence electrons. The van der Waals surface area contributed by atoms with Gasteiger partial charge in [0.15, 0.2) is 11.9 Å². The summed E-state index contributed by atoms with van der Waals surface area (Å²) in [6.07, 6.45) is -0.533. The van der Waals surface area contributed by atoms with E-state index >= 15 is 0 Å². The van der Waals surface area contributed by atoms with Gasteiger partial charge >= 0.3 is 6.01 Å². The largest absolute Gasteiger partial charge is 0.452 e. The van der Waals surface area contributed by atoms with Crippen LogP contribution in [0, 0.1) is 0 Å². The number of hydrogen-bond acceptors (Lipinski definition) is 7. The van der Waals surface area contributed by atoms with Crippen LogP contribution in [0.1, 0.15) is 29.2 Å². The zero-order valence-electron chi connectivity index (χ0n) is 16.1. The number of aromatic nitrogens is 5. The summed E-state index contributed by atoms with van der Waals surface area (Å²) in [6.45, 7) is 1.78. The van der Waals surface area contributed by atoms with Crippen molar-refractivity contribution in [3.05, 3.63) is 64.9 Å². The van der Waals surface area contributed by atoms with Crippen LogP contribution in [0.3, 0.4) is 0 Å². The van der Waals surface area contributed by atoms with Crippen LogP contribution in [0.4, 0.5) is 0 Å². The Balaban J connectivity index is 1.52. The number of nitrogens with zero attached hydrogens (tertiary/aromatic N) is 5. The van der Waals surface area contributed by atoms with Crippen molar-refractivity contribution in [2.24, 2.45) is 12.8 Å². The average molecular weight is 425 g/mol. The maximum Gasteiger partial charge on any atom is 0.317 e. The first kappa shape index (κ1) is 19.6. The highest BCUT2D eigenvalue weighted by molar-refractivity contribution is 6.30. The molecule has 0 fully saturated rings. The first-order chi connectivity index (χ1) is 14.4. The van der Waals surface area contributed by atoms with Crippen LogP contribution in [0.15, 0.2) is 53.1 Å². The molecule has 2 aromatic carbocycles. The maximum absolute atomic E-state index is 11.2. The van der Waals surface area contributed by atoms with Gasteiger partial charge in [0.25, 0.3) is 5.89 Å². The van der Waals surface area contributed by atoms with E-state index in [1.165, 1.54) is 0 Å². The summed E-state index contributed by atoms with van der Waals surface area (Å²) >= 11 is 6.01. The van der Waals surface area contributed by atoms with Crippen LogP contribution in [0.2, 0.25) is 5.02 Å². The molecule has 0 saturated heterocycles. The molecule has 9 nitrogen and oxygen atoms in total. The summed E-state index contributed by atoms with van der Waals surface area (Å²) in [5, 5.41) is 12.8. The van der Waals surface area contributed by atoms with Crippen molar-refractivity contribution >= 4 is 17.5 Å². The summed E-state index contributed by atoms with van der Waals surface area (Å²) in [6, 6.07) is 14.2. The van der Waals surface area contributed by atoms with Gasteiger partial charge in [0.1, 0.15) is 0 Å². The molecule has 10 heteroatoms. The molecule has 4 rings (SSSR count). The zero-order chi connectivity index (χ0) is 21.3. The monoisotopic (exact) mass is 424 g/mol. The number of halogens is 1. The second kappa shape index (κ2) is 7.96. The fraction of sp³-hybridized carbons (Fsp3) is 0.150. The third kappa shape index (κ3) is 3.87. The van der Waals surface area contributed by atoms with Gasteiger partial charge in [-0.1, -0.05) is 40.1 Å². The Morgan fingerprint density at radius 3 is 2.63 bits per heavy atom. The fourth-order valence-corrected chi connectivity index (χ4v) is 2.99. The van der Waals surface area contributed by atoms with E-state index in [9.17, 15) is 4.79 Å². The van der Waals surface area contributed by atoms with E-state index in [2.05, 4.69) is 20.3 Å². The third-order valence-electron chi connectivity index (χ3n) is 4.42. The number of hydrogen-bond donors (Lipinski definition) is 1. The highest BCUT2D eigenvalue weighted by Gasteiger charge is 2.20. The molecule has 4 aromatic rings. The predicted molar refractivity (Wildman–Crippen MR) is 109 cm³/mol. The lowest BCUT2D eigenvalue weighted by molar-refractivity contribution is 0.100. The minimum absolute atomic E-state index is 0.283. The summed E-state index contributed by atoms with van der Waals surface area (Å²) in [7, 11) is 1.77. The van der Waals surface area contributed by atoms with Crippen LogP contribution in [-0.4, -0.2) is 30.8 Å². The van der Waals surface area contributed by atoms with Gasteiger partial charge in [-0.25, -0.2) is 0 Å². The molecule has 2 aromatic heterocycles. The van der Waals surface area contributed by atoms with Crippen molar-refractivity contribution in [1.82, 2.24) is 24.9 Å². The van der Waals surface area contributed by atoms with Gasteiger partial charge in [0, 0.05) is 28.8 Å². The number of ether oxygens (including phenoxy) is 1. The van der Waals surface area contributed by atoms with Crippen LogP contribution in [0.25, 0.3) is 22.8 Å². The maximum atomic E-state index is 11.2. The van der Waals surface area contributed by atoms with E-state index in [0.717, 1.165) is 5.56 Å². The van der Waals surface area contributed by atoms with Gasteiger partial charge in [-0.3, -0.25) is 9.36 Å². The highest BCUT2D eigenvalue weighted by atomic mass is 35.5. The van der Waals surface area contributed by atoms with E-state index in [4.69, 9.17) is 26.6 Å². The molecule has 30 heavy (non-hydrogen) atoms. The molecular weight excluding hydrogens is 408 g/mol. The molecule has 0 unspecified atom stereocenters. The summed E-state index contributed by atoms with van der Waals surface area (Å²) in [5.41, 5.74) is 7.17. The normalized spacial score (nSPS) is 12.0. The lowest BCUT2D eigenvalue weighted by Crippen LogP contribution is -2.10. The summed E-state index contributed by atoms with van der Waals surface area (Å²) in [5.74, 6) is 0.784. The topological polar surface area (TPSA) is 122 Å². The second-order valence-corrected chi connectivity index (χ2v) is 6.97. The predicted octanol–water partition coefficient (Wildman–Crippen LogP) is 3.42. The van der Waals surface area contributed by atoms with Gasteiger partial charge < -0.3 is 15.0 Å². The standard InChI is InChI=1S/C20H17ClN6O3/c1-11(17-23-19(30-26-17)14-4-3-5-15(21)10-14)29-20-25-24-18(27(20)2)13-8-6-12(7-9-13)16(22)28/h3-11H,1-2H3,(H2,22,28)/t11-/m1/s1. The molecule has 1 atom stereocenters. The smallest absolute Gasteiger partial charge is 0.317 e. The third-order valence-corrected chi connectivity index (χ3v) is 4.66. The van der Waals surface area contributed by atoms with Crippen LogP contribution < -0.4 is 10.5 Å². The average Bonchev–Trinajstić information content (AvgIpc) is 3.36. The first-order valence-electron chi connectivity index (χ1n) is 8.98. The van der Waals surface area contributed by atoms with E-state index < -0.39 is 12.0 Å². The fourth-order valence-electron chi connectivity index (χ4n) is 2.80. The number of carbonyl (C=O) groups excluding carboxylic acids is 1. The number of rotatable bonds is 6. The van der Waals surface area contributed by atoms with Gasteiger partial charge in [-0.2, -0.15) is 4.98 Å². The van der Waals surface area contributed by atoms with E-state index in [1.807, 2.05) is 6.07 Å². The molecule has 1 amide bonds. The summed E-state index contributed by atoms with van der Waals surface area (Å²) in [4.78, 5) is 15.6. The summed E-state index contributed by atoms with van der Waals surface area (Å²) < 4.78 is 12.9. The molecule has 0 radical (unpaired) electrons. The Morgan fingerprint density at radius 1 is 1.17 bits per heavy atom. The van der Waals surface area contributed by atoms with Crippen LogP contribution in [-0.2, 0) is 7.05 Å². The van der Waals surface area contributed by atoms with Crippen LogP contribution >= 0.6 is 11.6 Å². The van der Waals surface area contributed by atoms with Crippen molar-refractivity contribution in [2.75, 3.05) is 0 Å². The Bertz CT molecular complexity index is 1200. The molecule has 2 N–H and O–H groups in total. The zero-order valence-corrected chi connectivity index (χ0v) is 16.9. The van der Waals surface area contributed by atoms with E-state index in [0.29, 0.717) is 33.7 Å². The number of amides is 1. The lowest BCUT2D eigenvalue weighted by atomic mass is 10.1. The van der Waals surface area contributed by atoms with Gasteiger partial charge in [-0.05, 0) is 37.3 Å².